The highest BCUT2D eigenvalue weighted by Gasteiger charge is 2.21. The number of rotatable bonds is 1. The van der Waals surface area contributed by atoms with Crippen LogP contribution in [0, 0.1) is 5.92 Å². The maximum atomic E-state index is 3.60. The van der Waals surface area contributed by atoms with E-state index in [0.717, 1.165) is 17.3 Å². The van der Waals surface area contributed by atoms with Gasteiger partial charge in [-0.05, 0) is 12.5 Å². The average molecular weight is 178 g/mol. The normalized spacial score (nSPS) is 38.2. The Hall–Kier alpha value is 0.440. The minimum atomic E-state index is 0.729. The van der Waals surface area contributed by atoms with Crippen LogP contribution >= 0.6 is 15.9 Å². The summed E-state index contributed by atoms with van der Waals surface area (Å²) < 4.78 is 0. The SMILES string of the molecule is CC[C@@H]1CNC[C@@H]1Br. The van der Waals surface area contributed by atoms with E-state index in [9.17, 15) is 0 Å². The van der Waals surface area contributed by atoms with Gasteiger partial charge in [-0.1, -0.05) is 29.3 Å². The van der Waals surface area contributed by atoms with Gasteiger partial charge in [0.25, 0.3) is 0 Å². The molecule has 0 aliphatic carbocycles. The van der Waals surface area contributed by atoms with Gasteiger partial charge in [0, 0.05) is 11.4 Å². The van der Waals surface area contributed by atoms with Gasteiger partial charge in [-0.25, -0.2) is 0 Å². The molecule has 0 bridgehead atoms. The molecule has 1 heterocycles. The monoisotopic (exact) mass is 177 g/mol. The van der Waals surface area contributed by atoms with Crippen molar-refractivity contribution < 1.29 is 0 Å². The zero-order valence-electron chi connectivity index (χ0n) is 5.15. The summed E-state index contributed by atoms with van der Waals surface area (Å²) in [7, 11) is 0. The quantitative estimate of drug-likeness (QED) is 0.598. The highest BCUT2D eigenvalue weighted by atomic mass is 79.9. The van der Waals surface area contributed by atoms with Gasteiger partial charge in [0.1, 0.15) is 0 Å². The van der Waals surface area contributed by atoms with Gasteiger partial charge in [-0.3, -0.25) is 0 Å². The van der Waals surface area contributed by atoms with Crippen molar-refractivity contribution in [3.05, 3.63) is 0 Å². The second kappa shape index (κ2) is 2.83. The van der Waals surface area contributed by atoms with Crippen LogP contribution in [0.3, 0.4) is 0 Å². The standard InChI is InChI=1S/C6H12BrN/c1-2-5-3-8-4-6(5)7/h5-6,8H,2-4H2,1H3/t5-,6+/m1/s1. The Kier molecular flexibility index (Phi) is 2.32. The summed E-state index contributed by atoms with van der Waals surface area (Å²) in [4.78, 5) is 0.729. The third-order valence-electron chi connectivity index (χ3n) is 1.78. The third-order valence-corrected chi connectivity index (χ3v) is 2.85. The number of alkyl halides is 1. The predicted octanol–water partition coefficient (Wildman–Crippen LogP) is 1.38. The first kappa shape index (κ1) is 6.56. The minimum absolute atomic E-state index is 0.729. The fourth-order valence-electron chi connectivity index (χ4n) is 1.10. The largest absolute Gasteiger partial charge is 0.315 e. The molecule has 2 heteroatoms. The third kappa shape index (κ3) is 1.23. The van der Waals surface area contributed by atoms with E-state index < -0.39 is 0 Å². The molecule has 0 saturated carbocycles. The second-order valence-electron chi connectivity index (χ2n) is 2.34. The van der Waals surface area contributed by atoms with Crippen molar-refractivity contribution in [1.29, 1.82) is 0 Å². The Morgan fingerprint density at radius 2 is 2.38 bits per heavy atom. The number of halogens is 1. The zero-order valence-corrected chi connectivity index (χ0v) is 6.74. The van der Waals surface area contributed by atoms with E-state index in [1.807, 2.05) is 0 Å². The van der Waals surface area contributed by atoms with Gasteiger partial charge in [-0.2, -0.15) is 0 Å². The molecule has 1 saturated heterocycles. The lowest BCUT2D eigenvalue weighted by atomic mass is 10.1. The average Bonchev–Trinajstić information content (AvgIpc) is 2.14. The van der Waals surface area contributed by atoms with E-state index in [2.05, 4.69) is 28.2 Å². The van der Waals surface area contributed by atoms with Crippen LogP contribution in [0.1, 0.15) is 13.3 Å². The molecule has 0 amide bonds. The molecule has 1 nitrogen and oxygen atoms in total. The summed E-state index contributed by atoms with van der Waals surface area (Å²) >= 11 is 3.60. The maximum absolute atomic E-state index is 3.60. The highest BCUT2D eigenvalue weighted by molar-refractivity contribution is 9.09. The van der Waals surface area contributed by atoms with Crippen LogP contribution in [0.2, 0.25) is 0 Å². The van der Waals surface area contributed by atoms with Crippen molar-refractivity contribution in [2.75, 3.05) is 13.1 Å². The smallest absolute Gasteiger partial charge is 0.0310 e. The Labute approximate surface area is 59.0 Å². The molecule has 0 radical (unpaired) electrons. The lowest BCUT2D eigenvalue weighted by molar-refractivity contribution is 0.577. The number of hydrogen-bond donors (Lipinski definition) is 1. The van der Waals surface area contributed by atoms with Crippen molar-refractivity contribution in [2.24, 2.45) is 5.92 Å². The summed E-state index contributed by atoms with van der Waals surface area (Å²) in [6.07, 6.45) is 1.29. The van der Waals surface area contributed by atoms with Crippen LogP contribution in [-0.4, -0.2) is 17.9 Å². The molecule has 1 aliphatic heterocycles. The Morgan fingerprint density at radius 1 is 1.62 bits per heavy atom. The second-order valence-corrected chi connectivity index (χ2v) is 3.52. The summed E-state index contributed by atoms with van der Waals surface area (Å²) in [5, 5.41) is 3.33. The van der Waals surface area contributed by atoms with E-state index in [4.69, 9.17) is 0 Å². The van der Waals surface area contributed by atoms with Crippen molar-refractivity contribution in [3.63, 3.8) is 0 Å². The molecule has 2 atom stereocenters. The summed E-state index contributed by atoms with van der Waals surface area (Å²) in [6.45, 7) is 4.59. The number of nitrogens with one attached hydrogen (secondary N) is 1. The molecule has 0 aromatic carbocycles. The fraction of sp³-hybridized carbons (Fsp3) is 1.00. The van der Waals surface area contributed by atoms with E-state index in [1.54, 1.807) is 0 Å². The first-order valence-corrected chi connectivity index (χ1v) is 4.11. The van der Waals surface area contributed by atoms with Crippen LogP contribution in [0.5, 0.6) is 0 Å². The molecule has 0 aromatic heterocycles. The van der Waals surface area contributed by atoms with E-state index in [-0.39, 0.29) is 0 Å². The Morgan fingerprint density at radius 3 is 2.62 bits per heavy atom. The molecule has 1 N–H and O–H groups in total. The molecule has 0 spiro atoms. The van der Waals surface area contributed by atoms with Crippen LogP contribution in [0.4, 0.5) is 0 Å². The van der Waals surface area contributed by atoms with Crippen LogP contribution < -0.4 is 5.32 Å². The van der Waals surface area contributed by atoms with Gasteiger partial charge in [0.2, 0.25) is 0 Å². The molecule has 1 aliphatic rings. The van der Waals surface area contributed by atoms with Gasteiger partial charge in [0.15, 0.2) is 0 Å². The molecule has 0 unspecified atom stereocenters. The van der Waals surface area contributed by atoms with E-state index in [1.165, 1.54) is 13.0 Å². The fourth-order valence-corrected chi connectivity index (χ4v) is 1.89. The van der Waals surface area contributed by atoms with Crippen molar-refractivity contribution in [3.8, 4) is 0 Å². The predicted molar refractivity (Wildman–Crippen MR) is 39.4 cm³/mol. The highest BCUT2D eigenvalue weighted by Crippen LogP contribution is 2.19. The Balaban J connectivity index is 2.30. The van der Waals surface area contributed by atoms with Crippen molar-refractivity contribution >= 4 is 15.9 Å². The van der Waals surface area contributed by atoms with Crippen molar-refractivity contribution in [2.45, 2.75) is 18.2 Å². The first-order chi connectivity index (χ1) is 3.84. The zero-order chi connectivity index (χ0) is 5.98. The van der Waals surface area contributed by atoms with Crippen LogP contribution in [0.15, 0.2) is 0 Å². The minimum Gasteiger partial charge on any atom is -0.315 e. The lowest BCUT2D eigenvalue weighted by Gasteiger charge is -2.06. The molecule has 8 heavy (non-hydrogen) atoms. The topological polar surface area (TPSA) is 12.0 Å². The summed E-state index contributed by atoms with van der Waals surface area (Å²) in [5.74, 6) is 0.870. The lowest BCUT2D eigenvalue weighted by Crippen LogP contribution is -2.08. The van der Waals surface area contributed by atoms with Gasteiger partial charge in [0.05, 0.1) is 0 Å². The Bertz CT molecular complexity index is 74.9. The molecular formula is C6H12BrN. The summed E-state index contributed by atoms with van der Waals surface area (Å²) in [6, 6.07) is 0. The number of hydrogen-bond acceptors (Lipinski definition) is 1. The van der Waals surface area contributed by atoms with Gasteiger partial charge in [-0.15, -0.1) is 0 Å². The van der Waals surface area contributed by atoms with E-state index >= 15 is 0 Å². The van der Waals surface area contributed by atoms with Crippen LogP contribution in [-0.2, 0) is 0 Å². The maximum Gasteiger partial charge on any atom is 0.0310 e. The van der Waals surface area contributed by atoms with E-state index in [0.29, 0.717) is 0 Å². The summed E-state index contributed by atoms with van der Waals surface area (Å²) in [5.41, 5.74) is 0. The molecule has 1 rings (SSSR count). The first-order valence-electron chi connectivity index (χ1n) is 3.19. The van der Waals surface area contributed by atoms with Gasteiger partial charge < -0.3 is 5.32 Å². The molecule has 1 fully saturated rings. The molecular weight excluding hydrogens is 166 g/mol. The van der Waals surface area contributed by atoms with Crippen molar-refractivity contribution in [1.82, 2.24) is 5.32 Å². The molecule has 48 valence electrons. The van der Waals surface area contributed by atoms with Gasteiger partial charge >= 0.3 is 0 Å². The molecule has 0 aromatic rings. The van der Waals surface area contributed by atoms with Crippen LogP contribution in [0.25, 0.3) is 0 Å².